The zero-order valence-electron chi connectivity index (χ0n) is 17.3. The second-order valence-corrected chi connectivity index (χ2v) is 7.36. The van der Waals surface area contributed by atoms with Crippen molar-refractivity contribution in [2.75, 3.05) is 37.9 Å². The molecule has 30 heavy (non-hydrogen) atoms. The van der Waals surface area contributed by atoms with Gasteiger partial charge >= 0.3 is 12.1 Å². The van der Waals surface area contributed by atoms with Crippen LogP contribution in [0, 0.1) is 12.7 Å². The van der Waals surface area contributed by atoms with Crippen molar-refractivity contribution in [2.24, 2.45) is 0 Å². The van der Waals surface area contributed by atoms with E-state index in [9.17, 15) is 14.0 Å². The third-order valence-corrected chi connectivity index (χ3v) is 5.10. The normalized spacial score (nSPS) is 15.9. The highest BCUT2D eigenvalue weighted by Gasteiger charge is 2.29. The Morgan fingerprint density at radius 3 is 2.80 bits per heavy atom. The molecule has 2 N–H and O–H groups in total. The number of urea groups is 1. The zero-order chi connectivity index (χ0) is 21.7. The smallest absolute Gasteiger partial charge is 0.409 e. The summed E-state index contributed by atoms with van der Waals surface area (Å²) in [6, 6.07) is 7.77. The van der Waals surface area contributed by atoms with Crippen LogP contribution in [0.4, 0.5) is 25.4 Å². The van der Waals surface area contributed by atoms with E-state index in [0.29, 0.717) is 25.3 Å². The summed E-state index contributed by atoms with van der Waals surface area (Å²) in [6.45, 7) is 3.63. The van der Waals surface area contributed by atoms with Crippen molar-refractivity contribution in [2.45, 2.75) is 25.9 Å². The van der Waals surface area contributed by atoms with Gasteiger partial charge in [0.15, 0.2) is 0 Å². The predicted molar refractivity (Wildman–Crippen MR) is 112 cm³/mol. The summed E-state index contributed by atoms with van der Waals surface area (Å²) in [5.74, 6) is -0.517. The largest absolute Gasteiger partial charge is 0.453 e. The van der Waals surface area contributed by atoms with Gasteiger partial charge in [-0.3, -0.25) is 9.88 Å². The Morgan fingerprint density at radius 1 is 1.30 bits per heavy atom. The first kappa shape index (κ1) is 21.5. The average Bonchev–Trinajstić information content (AvgIpc) is 3.22. The number of carbonyl (C=O) groups excluding carboxylic acids is 2. The molecule has 0 bridgehead atoms. The van der Waals surface area contributed by atoms with Crippen LogP contribution in [0.25, 0.3) is 0 Å². The lowest BCUT2D eigenvalue weighted by Gasteiger charge is -2.24. The van der Waals surface area contributed by atoms with E-state index in [1.165, 1.54) is 19.4 Å². The van der Waals surface area contributed by atoms with Gasteiger partial charge in [-0.25, -0.2) is 14.0 Å². The molecule has 1 aromatic heterocycles. The third-order valence-electron chi connectivity index (χ3n) is 5.10. The third kappa shape index (κ3) is 5.44. The summed E-state index contributed by atoms with van der Waals surface area (Å²) in [5, 5.41) is 5.18. The van der Waals surface area contributed by atoms with Gasteiger partial charge in [-0.15, -0.1) is 0 Å². The molecule has 1 aromatic carbocycles. The molecular formula is C21H26FN5O3. The summed E-state index contributed by atoms with van der Waals surface area (Å²) < 4.78 is 19.0. The highest BCUT2D eigenvalue weighted by molar-refractivity contribution is 5.99. The molecule has 3 rings (SSSR count). The fraction of sp³-hybridized carbons (Fsp3) is 0.381. The molecule has 8 nitrogen and oxygen atoms in total. The van der Waals surface area contributed by atoms with Crippen molar-refractivity contribution in [3.63, 3.8) is 0 Å². The maximum atomic E-state index is 14.2. The minimum atomic E-state index is -0.547. The Morgan fingerprint density at radius 2 is 2.10 bits per heavy atom. The molecule has 2 aromatic rings. The Hall–Kier alpha value is -3.20. The molecule has 0 saturated carbocycles. The molecule has 0 aliphatic carbocycles. The van der Waals surface area contributed by atoms with Crippen LogP contribution in [0.5, 0.6) is 0 Å². The average molecular weight is 415 g/mol. The number of amides is 3. The molecule has 3 amide bonds. The van der Waals surface area contributed by atoms with Gasteiger partial charge in [0.1, 0.15) is 5.82 Å². The molecule has 0 unspecified atom stereocenters. The quantitative estimate of drug-likeness (QED) is 0.781. The van der Waals surface area contributed by atoms with E-state index in [4.69, 9.17) is 4.74 Å². The number of likely N-dealkylation sites (tertiary alicyclic amines) is 1. The van der Waals surface area contributed by atoms with Gasteiger partial charge in [0.05, 0.1) is 24.7 Å². The molecule has 160 valence electrons. The van der Waals surface area contributed by atoms with E-state index in [0.717, 1.165) is 17.7 Å². The number of aryl methyl sites for hydroxylation is 1. The lowest BCUT2D eigenvalue weighted by atomic mass is 10.1. The van der Waals surface area contributed by atoms with Gasteiger partial charge in [-0.1, -0.05) is 6.07 Å². The van der Waals surface area contributed by atoms with Gasteiger partial charge in [0, 0.05) is 31.4 Å². The minimum Gasteiger partial charge on any atom is -0.453 e. The first-order valence-corrected chi connectivity index (χ1v) is 9.68. The van der Waals surface area contributed by atoms with Crippen LogP contribution in [-0.4, -0.2) is 60.2 Å². The van der Waals surface area contributed by atoms with E-state index in [1.807, 2.05) is 14.0 Å². The van der Waals surface area contributed by atoms with Crippen molar-refractivity contribution in [3.8, 4) is 0 Å². The number of anilines is 2. The van der Waals surface area contributed by atoms with E-state index < -0.39 is 11.8 Å². The molecule has 1 aliphatic heterocycles. The standard InChI is InChI=1S/C21H26FN5O3/c1-14-4-6-16(11-23-14)24-20(28)25-19-10-15(5-7-18(19)22)12-26(2)17-8-9-27(13-17)21(29)30-3/h4-7,10-11,17H,8-9,12-13H2,1-3H3,(H2,24,25,28)/t17-/m1/s1. The molecule has 1 fully saturated rings. The van der Waals surface area contributed by atoms with Crippen LogP contribution < -0.4 is 10.6 Å². The summed E-state index contributed by atoms with van der Waals surface area (Å²) in [5.41, 5.74) is 2.30. The molecule has 9 heteroatoms. The maximum Gasteiger partial charge on any atom is 0.409 e. The zero-order valence-corrected chi connectivity index (χ0v) is 17.3. The number of hydrogen-bond donors (Lipinski definition) is 2. The molecular weight excluding hydrogens is 389 g/mol. The fourth-order valence-electron chi connectivity index (χ4n) is 3.41. The monoisotopic (exact) mass is 415 g/mol. The Balaban J connectivity index is 1.60. The van der Waals surface area contributed by atoms with Crippen molar-refractivity contribution >= 4 is 23.5 Å². The number of pyridine rings is 1. The summed E-state index contributed by atoms with van der Waals surface area (Å²) in [6.07, 6.45) is 2.05. The predicted octanol–water partition coefficient (Wildman–Crippen LogP) is 3.45. The maximum absolute atomic E-state index is 14.2. The SMILES string of the molecule is COC(=O)N1CC[C@@H](N(C)Cc2ccc(F)c(NC(=O)Nc3ccc(C)nc3)c2)C1. The topological polar surface area (TPSA) is 86.8 Å². The number of aromatic nitrogens is 1. The van der Waals surface area contributed by atoms with Crippen LogP contribution in [0.1, 0.15) is 17.7 Å². The van der Waals surface area contributed by atoms with E-state index in [-0.39, 0.29) is 17.8 Å². The van der Waals surface area contributed by atoms with Crippen LogP contribution in [0.2, 0.25) is 0 Å². The van der Waals surface area contributed by atoms with Crippen molar-refractivity contribution < 1.29 is 18.7 Å². The number of nitrogens with zero attached hydrogens (tertiary/aromatic N) is 3. The van der Waals surface area contributed by atoms with Crippen LogP contribution in [0.15, 0.2) is 36.5 Å². The van der Waals surface area contributed by atoms with Crippen LogP contribution >= 0.6 is 0 Å². The highest BCUT2D eigenvalue weighted by atomic mass is 19.1. The molecule has 1 atom stereocenters. The minimum absolute atomic E-state index is 0.0982. The molecule has 1 saturated heterocycles. The van der Waals surface area contributed by atoms with Gasteiger partial charge in [0.2, 0.25) is 0 Å². The summed E-state index contributed by atoms with van der Waals surface area (Å²) in [4.78, 5) is 31.8. The number of likely N-dealkylation sites (N-methyl/N-ethyl adjacent to an activating group) is 1. The lowest BCUT2D eigenvalue weighted by molar-refractivity contribution is 0.128. The highest BCUT2D eigenvalue weighted by Crippen LogP contribution is 2.21. The number of halogens is 1. The van der Waals surface area contributed by atoms with Crippen molar-refractivity contribution in [3.05, 3.63) is 53.6 Å². The van der Waals surface area contributed by atoms with Crippen LogP contribution in [-0.2, 0) is 11.3 Å². The second-order valence-electron chi connectivity index (χ2n) is 7.36. The Kier molecular flexibility index (Phi) is 6.83. The number of carbonyl (C=O) groups is 2. The Labute approximate surface area is 175 Å². The van der Waals surface area contributed by atoms with Gasteiger partial charge < -0.3 is 20.3 Å². The number of nitrogens with one attached hydrogen (secondary N) is 2. The second kappa shape index (κ2) is 9.53. The summed E-state index contributed by atoms with van der Waals surface area (Å²) in [7, 11) is 3.33. The van der Waals surface area contributed by atoms with E-state index >= 15 is 0 Å². The number of methoxy groups -OCH3 is 1. The molecule has 2 heterocycles. The van der Waals surface area contributed by atoms with Gasteiger partial charge in [-0.2, -0.15) is 0 Å². The lowest BCUT2D eigenvalue weighted by Crippen LogP contribution is -2.36. The molecule has 0 radical (unpaired) electrons. The number of hydrogen-bond acceptors (Lipinski definition) is 5. The fourth-order valence-corrected chi connectivity index (χ4v) is 3.41. The van der Waals surface area contributed by atoms with Gasteiger partial charge in [-0.05, 0) is 50.2 Å². The van der Waals surface area contributed by atoms with Crippen LogP contribution in [0.3, 0.4) is 0 Å². The van der Waals surface area contributed by atoms with Gasteiger partial charge in [0.25, 0.3) is 0 Å². The van der Waals surface area contributed by atoms with E-state index in [2.05, 4.69) is 20.5 Å². The molecule has 1 aliphatic rings. The first-order valence-electron chi connectivity index (χ1n) is 9.68. The molecule has 0 spiro atoms. The first-order chi connectivity index (χ1) is 14.4. The summed E-state index contributed by atoms with van der Waals surface area (Å²) >= 11 is 0. The number of ether oxygens (including phenoxy) is 1. The van der Waals surface area contributed by atoms with Crippen molar-refractivity contribution in [1.29, 1.82) is 0 Å². The number of benzene rings is 1. The number of rotatable bonds is 5. The van der Waals surface area contributed by atoms with E-state index in [1.54, 1.807) is 29.2 Å². The van der Waals surface area contributed by atoms with Crippen molar-refractivity contribution in [1.82, 2.24) is 14.8 Å². The Bertz CT molecular complexity index is 906.